The van der Waals surface area contributed by atoms with Gasteiger partial charge in [-0.15, -0.1) is 0 Å². The Balaban J connectivity index is 1.28. The lowest BCUT2D eigenvalue weighted by molar-refractivity contribution is 0.0976. The normalized spacial score (nSPS) is 14.4. The SMILES string of the molecule is CN(CCCN(C(=O)c1nc2c(Cc3ccccc3)cc(Cl)cc2[nH]1)c1ccc2[nH]ccc2c1)C1CCCCC1. The van der Waals surface area contributed by atoms with Crippen LogP contribution >= 0.6 is 11.6 Å². The maximum atomic E-state index is 14.1. The minimum atomic E-state index is -0.131. The molecule has 1 aliphatic carbocycles. The highest BCUT2D eigenvalue weighted by Gasteiger charge is 2.24. The van der Waals surface area contributed by atoms with Gasteiger partial charge in [0.2, 0.25) is 0 Å². The van der Waals surface area contributed by atoms with Crippen LogP contribution in [0.2, 0.25) is 5.02 Å². The van der Waals surface area contributed by atoms with Gasteiger partial charge in [0, 0.05) is 40.4 Å². The Labute approximate surface area is 240 Å². The van der Waals surface area contributed by atoms with Gasteiger partial charge in [-0.05, 0) is 86.8 Å². The number of carbonyl (C=O) groups is 1. The second kappa shape index (κ2) is 11.9. The van der Waals surface area contributed by atoms with Gasteiger partial charge >= 0.3 is 0 Å². The molecule has 206 valence electrons. The van der Waals surface area contributed by atoms with E-state index >= 15 is 0 Å². The fourth-order valence-electron chi connectivity index (χ4n) is 6.07. The molecule has 0 saturated heterocycles. The van der Waals surface area contributed by atoms with Crippen LogP contribution < -0.4 is 4.90 Å². The third-order valence-corrected chi connectivity index (χ3v) is 8.47. The molecule has 1 saturated carbocycles. The van der Waals surface area contributed by atoms with E-state index in [0.717, 1.165) is 46.2 Å². The molecule has 2 aromatic heterocycles. The van der Waals surface area contributed by atoms with Crippen molar-refractivity contribution < 1.29 is 4.79 Å². The van der Waals surface area contributed by atoms with Crippen molar-refractivity contribution in [1.29, 1.82) is 0 Å². The number of aromatic nitrogens is 3. The van der Waals surface area contributed by atoms with Gasteiger partial charge in [-0.1, -0.05) is 61.2 Å². The smallest absolute Gasteiger partial charge is 0.294 e. The number of fused-ring (bicyclic) bond motifs is 2. The fourth-order valence-corrected chi connectivity index (χ4v) is 6.31. The largest absolute Gasteiger partial charge is 0.361 e. The van der Waals surface area contributed by atoms with Crippen LogP contribution in [0.5, 0.6) is 0 Å². The second-order valence-electron chi connectivity index (χ2n) is 11.0. The van der Waals surface area contributed by atoms with Gasteiger partial charge in [-0.2, -0.15) is 0 Å². The van der Waals surface area contributed by atoms with E-state index in [2.05, 4.69) is 40.1 Å². The molecule has 6 rings (SSSR count). The number of anilines is 1. The van der Waals surface area contributed by atoms with Crippen LogP contribution in [0.25, 0.3) is 21.9 Å². The first kappa shape index (κ1) is 26.6. The van der Waals surface area contributed by atoms with Crippen LogP contribution in [0, 0.1) is 0 Å². The number of hydrogen-bond acceptors (Lipinski definition) is 3. The maximum absolute atomic E-state index is 14.1. The summed E-state index contributed by atoms with van der Waals surface area (Å²) in [4.78, 5) is 29.8. The summed E-state index contributed by atoms with van der Waals surface area (Å²) in [7, 11) is 2.23. The summed E-state index contributed by atoms with van der Waals surface area (Å²) in [5, 5.41) is 1.71. The molecule has 6 nitrogen and oxygen atoms in total. The second-order valence-corrected chi connectivity index (χ2v) is 11.5. The Kier molecular flexibility index (Phi) is 7.89. The highest BCUT2D eigenvalue weighted by molar-refractivity contribution is 6.31. The monoisotopic (exact) mass is 553 g/mol. The molecular weight excluding hydrogens is 518 g/mol. The summed E-state index contributed by atoms with van der Waals surface area (Å²) in [5.74, 6) is 0.203. The molecule has 3 aromatic carbocycles. The van der Waals surface area contributed by atoms with Crippen molar-refractivity contribution in [2.45, 2.75) is 51.0 Å². The van der Waals surface area contributed by atoms with Gasteiger partial charge in [-0.25, -0.2) is 4.98 Å². The van der Waals surface area contributed by atoms with Crippen LogP contribution in [0.1, 0.15) is 60.3 Å². The number of benzene rings is 3. The Morgan fingerprint density at radius 2 is 1.80 bits per heavy atom. The zero-order chi connectivity index (χ0) is 27.5. The molecule has 0 aliphatic heterocycles. The van der Waals surface area contributed by atoms with E-state index in [1.807, 2.05) is 59.6 Å². The fraction of sp³-hybridized carbons (Fsp3) is 0.333. The van der Waals surface area contributed by atoms with E-state index < -0.39 is 0 Å². The van der Waals surface area contributed by atoms with Crippen molar-refractivity contribution in [2.24, 2.45) is 0 Å². The minimum absolute atomic E-state index is 0.131. The molecule has 0 bridgehead atoms. The summed E-state index contributed by atoms with van der Waals surface area (Å²) >= 11 is 6.49. The number of nitrogens with zero attached hydrogens (tertiary/aromatic N) is 3. The van der Waals surface area contributed by atoms with Gasteiger partial charge in [0.05, 0.1) is 11.0 Å². The van der Waals surface area contributed by atoms with E-state index in [1.54, 1.807) is 0 Å². The molecule has 0 unspecified atom stereocenters. The van der Waals surface area contributed by atoms with Crippen LogP contribution in [-0.2, 0) is 6.42 Å². The van der Waals surface area contributed by atoms with Crippen molar-refractivity contribution in [3.8, 4) is 0 Å². The number of halogens is 1. The summed E-state index contributed by atoms with van der Waals surface area (Å²) in [5.41, 5.74) is 5.66. The average molecular weight is 554 g/mol. The Bertz CT molecular complexity index is 1600. The summed E-state index contributed by atoms with van der Waals surface area (Å²) in [6.07, 6.45) is 10.0. The van der Waals surface area contributed by atoms with Crippen LogP contribution in [-0.4, -0.2) is 51.9 Å². The number of amides is 1. The number of hydrogen-bond donors (Lipinski definition) is 2. The third-order valence-electron chi connectivity index (χ3n) is 8.25. The zero-order valence-corrected chi connectivity index (χ0v) is 23.8. The number of carbonyl (C=O) groups excluding carboxylic acids is 1. The van der Waals surface area contributed by atoms with Gasteiger partial charge in [-0.3, -0.25) is 4.79 Å². The topological polar surface area (TPSA) is 68.0 Å². The third kappa shape index (κ3) is 5.79. The van der Waals surface area contributed by atoms with Crippen LogP contribution in [0.4, 0.5) is 5.69 Å². The van der Waals surface area contributed by atoms with E-state index in [4.69, 9.17) is 16.6 Å². The highest BCUT2D eigenvalue weighted by atomic mass is 35.5. The molecule has 1 fully saturated rings. The number of aromatic amines is 2. The molecule has 40 heavy (non-hydrogen) atoms. The van der Waals surface area contributed by atoms with Gasteiger partial charge in [0.25, 0.3) is 5.91 Å². The first-order valence-electron chi connectivity index (χ1n) is 14.4. The standard InChI is InChI=1S/C33H36ClN5O/c1-38(27-11-6-3-7-12-27)17-8-18-39(28-13-14-29-24(21-28)15-16-35-29)33(40)32-36-30-22-26(34)20-25(31(30)37-32)19-23-9-4-2-5-10-23/h2,4-5,9-10,13-16,20-22,27,35H,3,6-8,11-12,17-19H2,1H3,(H,36,37). The zero-order valence-electron chi connectivity index (χ0n) is 23.0. The summed E-state index contributed by atoms with van der Waals surface area (Å²) in [6, 6.07) is 22.9. The number of H-pyrrole nitrogens is 2. The molecule has 7 heteroatoms. The lowest BCUT2D eigenvalue weighted by atomic mass is 9.94. The molecule has 5 aromatic rings. The lowest BCUT2D eigenvalue weighted by Gasteiger charge is -2.32. The Hall–Kier alpha value is -3.61. The van der Waals surface area contributed by atoms with Gasteiger partial charge < -0.3 is 19.8 Å². The van der Waals surface area contributed by atoms with Crippen molar-refractivity contribution >= 4 is 45.1 Å². The first-order valence-corrected chi connectivity index (χ1v) is 14.7. The van der Waals surface area contributed by atoms with Gasteiger partial charge in [0.15, 0.2) is 5.82 Å². The molecule has 2 N–H and O–H groups in total. The summed E-state index contributed by atoms with van der Waals surface area (Å²) < 4.78 is 0. The summed E-state index contributed by atoms with van der Waals surface area (Å²) in [6.45, 7) is 1.57. The number of rotatable bonds is 9. The molecule has 0 spiro atoms. The number of imidazole rings is 1. The molecule has 1 aliphatic rings. The Morgan fingerprint density at radius 1 is 0.975 bits per heavy atom. The molecule has 2 heterocycles. The quantitative estimate of drug-likeness (QED) is 0.197. The predicted octanol–water partition coefficient (Wildman–Crippen LogP) is 7.59. The van der Waals surface area contributed by atoms with Crippen LogP contribution in [0.15, 0.2) is 72.9 Å². The number of nitrogens with one attached hydrogen (secondary N) is 2. The van der Waals surface area contributed by atoms with E-state index in [0.29, 0.717) is 29.9 Å². The van der Waals surface area contributed by atoms with E-state index in [1.165, 1.54) is 37.7 Å². The molecule has 0 radical (unpaired) electrons. The predicted molar refractivity (Wildman–Crippen MR) is 164 cm³/mol. The molecule has 1 amide bonds. The lowest BCUT2D eigenvalue weighted by Crippen LogP contribution is -2.37. The molecule has 0 atom stereocenters. The van der Waals surface area contributed by atoms with Crippen molar-refractivity contribution in [2.75, 3.05) is 25.0 Å². The van der Waals surface area contributed by atoms with Crippen molar-refractivity contribution in [3.63, 3.8) is 0 Å². The van der Waals surface area contributed by atoms with Crippen molar-refractivity contribution in [1.82, 2.24) is 19.9 Å². The van der Waals surface area contributed by atoms with Gasteiger partial charge in [0.1, 0.15) is 0 Å². The average Bonchev–Trinajstić information content (AvgIpc) is 3.63. The maximum Gasteiger partial charge on any atom is 0.294 e. The van der Waals surface area contributed by atoms with E-state index in [-0.39, 0.29) is 5.91 Å². The van der Waals surface area contributed by atoms with Crippen molar-refractivity contribution in [3.05, 3.63) is 94.9 Å². The Morgan fingerprint density at radius 3 is 2.62 bits per heavy atom. The first-order chi connectivity index (χ1) is 19.5. The van der Waals surface area contributed by atoms with Crippen LogP contribution in [0.3, 0.4) is 0 Å². The highest BCUT2D eigenvalue weighted by Crippen LogP contribution is 2.28. The molecular formula is C33H36ClN5O. The van der Waals surface area contributed by atoms with E-state index in [9.17, 15) is 4.79 Å². The minimum Gasteiger partial charge on any atom is -0.361 e.